The lowest BCUT2D eigenvalue weighted by atomic mass is 9.96. The summed E-state index contributed by atoms with van der Waals surface area (Å²) in [5, 5.41) is 4.46. The van der Waals surface area contributed by atoms with Crippen LogP contribution in [0.25, 0.3) is 11.5 Å². The van der Waals surface area contributed by atoms with Gasteiger partial charge in [0, 0.05) is 38.6 Å². The van der Waals surface area contributed by atoms with E-state index in [1.165, 1.54) is 12.1 Å². The monoisotopic (exact) mass is 435 g/mol. The molecule has 0 radical (unpaired) electrons. The van der Waals surface area contributed by atoms with Crippen molar-refractivity contribution in [1.29, 1.82) is 0 Å². The van der Waals surface area contributed by atoms with Gasteiger partial charge in [-0.05, 0) is 62.1 Å². The van der Waals surface area contributed by atoms with E-state index in [0.29, 0.717) is 30.2 Å². The van der Waals surface area contributed by atoms with Gasteiger partial charge in [-0.3, -0.25) is 9.59 Å². The van der Waals surface area contributed by atoms with Gasteiger partial charge in [-0.15, -0.1) is 0 Å². The number of amides is 2. The number of benzene rings is 1. The fourth-order valence-corrected chi connectivity index (χ4v) is 4.72. The molecule has 8 heteroatoms. The summed E-state index contributed by atoms with van der Waals surface area (Å²) in [6.07, 6.45) is 9.01. The Balaban J connectivity index is 1.44. The van der Waals surface area contributed by atoms with Crippen LogP contribution >= 0.6 is 0 Å². The molecule has 5 rings (SSSR count). The van der Waals surface area contributed by atoms with Crippen molar-refractivity contribution < 1.29 is 14.0 Å². The molecule has 1 atom stereocenters. The maximum absolute atomic E-state index is 13.6. The highest BCUT2D eigenvalue weighted by molar-refractivity contribution is 5.97. The minimum absolute atomic E-state index is 0.138. The van der Waals surface area contributed by atoms with E-state index in [0.717, 1.165) is 38.8 Å². The van der Waals surface area contributed by atoms with Crippen LogP contribution in [0.5, 0.6) is 0 Å². The molecule has 166 valence electrons. The molecule has 1 aromatic carbocycles. The second-order valence-corrected chi connectivity index (χ2v) is 8.48. The first-order valence-electron chi connectivity index (χ1n) is 11.2. The quantitative estimate of drug-likeness (QED) is 0.632. The summed E-state index contributed by atoms with van der Waals surface area (Å²) >= 11 is 0. The maximum atomic E-state index is 13.6. The number of piperidine rings is 1. The minimum Gasteiger partial charge on any atom is -0.342 e. The van der Waals surface area contributed by atoms with Crippen LogP contribution in [0.15, 0.2) is 55.0 Å². The Bertz CT molecular complexity index is 1100. The van der Waals surface area contributed by atoms with Crippen molar-refractivity contribution in [3.8, 4) is 11.5 Å². The van der Waals surface area contributed by atoms with E-state index in [4.69, 9.17) is 0 Å². The first-order valence-corrected chi connectivity index (χ1v) is 11.2. The summed E-state index contributed by atoms with van der Waals surface area (Å²) in [7, 11) is 0. The highest BCUT2D eigenvalue weighted by Crippen LogP contribution is 2.26. The molecule has 0 N–H and O–H groups in total. The Morgan fingerprint density at radius 2 is 1.62 bits per heavy atom. The number of likely N-dealkylation sites (tertiary alicyclic amines) is 2. The number of aromatic nitrogens is 3. The molecule has 0 aliphatic carbocycles. The molecular weight excluding hydrogens is 409 g/mol. The first-order chi connectivity index (χ1) is 15.6. The Kier molecular flexibility index (Phi) is 5.51. The van der Waals surface area contributed by atoms with Gasteiger partial charge in [-0.25, -0.2) is 9.07 Å². The van der Waals surface area contributed by atoms with Crippen molar-refractivity contribution in [2.45, 2.75) is 25.7 Å². The number of hydrogen-bond acceptors (Lipinski definition) is 3. The molecule has 0 saturated carbocycles. The SMILES string of the molecule is O=C(c1cnn(-c2ccc(F)cc2)c1-n1cccc1)N1CCC[C@@H](C(=O)N2CCCC2)C1. The van der Waals surface area contributed by atoms with E-state index >= 15 is 0 Å². The van der Waals surface area contributed by atoms with E-state index in [1.54, 1.807) is 27.9 Å². The lowest BCUT2D eigenvalue weighted by molar-refractivity contribution is -0.135. The third kappa shape index (κ3) is 3.81. The largest absolute Gasteiger partial charge is 0.342 e. The van der Waals surface area contributed by atoms with Crippen LogP contribution in [0.2, 0.25) is 0 Å². The van der Waals surface area contributed by atoms with Crippen molar-refractivity contribution >= 4 is 11.8 Å². The van der Waals surface area contributed by atoms with Crippen molar-refractivity contribution in [2.24, 2.45) is 5.92 Å². The van der Waals surface area contributed by atoms with Crippen molar-refractivity contribution in [3.63, 3.8) is 0 Å². The lowest BCUT2D eigenvalue weighted by Crippen LogP contribution is -2.46. The minimum atomic E-state index is -0.332. The molecule has 7 nitrogen and oxygen atoms in total. The lowest BCUT2D eigenvalue weighted by Gasteiger charge is -2.34. The van der Waals surface area contributed by atoms with Crippen molar-refractivity contribution in [3.05, 3.63) is 66.4 Å². The van der Waals surface area contributed by atoms with Crippen LogP contribution < -0.4 is 0 Å². The highest BCUT2D eigenvalue weighted by Gasteiger charge is 2.34. The van der Waals surface area contributed by atoms with E-state index < -0.39 is 0 Å². The van der Waals surface area contributed by atoms with Gasteiger partial charge in [-0.1, -0.05) is 0 Å². The third-order valence-electron chi connectivity index (χ3n) is 6.37. The fraction of sp³-hybridized carbons (Fsp3) is 0.375. The van der Waals surface area contributed by atoms with Gasteiger partial charge in [0.15, 0.2) is 5.82 Å². The fourth-order valence-electron chi connectivity index (χ4n) is 4.72. The summed E-state index contributed by atoms with van der Waals surface area (Å²) in [5.41, 5.74) is 1.12. The number of nitrogens with zero attached hydrogens (tertiary/aromatic N) is 5. The molecule has 3 aromatic rings. The van der Waals surface area contributed by atoms with E-state index in [2.05, 4.69) is 5.10 Å². The number of carbonyl (C=O) groups excluding carboxylic acids is 2. The van der Waals surface area contributed by atoms with Crippen LogP contribution in [-0.4, -0.2) is 62.1 Å². The van der Waals surface area contributed by atoms with E-state index in [-0.39, 0.29) is 23.5 Å². The van der Waals surface area contributed by atoms with Crippen molar-refractivity contribution in [1.82, 2.24) is 24.1 Å². The molecule has 2 amide bonds. The first kappa shape index (κ1) is 20.5. The van der Waals surface area contributed by atoms with Crippen molar-refractivity contribution in [2.75, 3.05) is 26.2 Å². The summed E-state index contributed by atoms with van der Waals surface area (Å²) in [4.78, 5) is 30.2. The molecule has 0 spiro atoms. The second kappa shape index (κ2) is 8.61. The van der Waals surface area contributed by atoms with Crippen LogP contribution in [0.4, 0.5) is 4.39 Å². The highest BCUT2D eigenvalue weighted by atomic mass is 19.1. The van der Waals surface area contributed by atoms with Crippen LogP contribution in [0.1, 0.15) is 36.0 Å². The summed E-state index contributed by atoms with van der Waals surface area (Å²) in [6.45, 7) is 2.70. The summed E-state index contributed by atoms with van der Waals surface area (Å²) < 4.78 is 16.9. The zero-order chi connectivity index (χ0) is 22.1. The van der Waals surface area contributed by atoms with Gasteiger partial charge >= 0.3 is 0 Å². The molecule has 2 aliphatic rings. The van der Waals surface area contributed by atoms with Gasteiger partial charge in [-0.2, -0.15) is 5.10 Å². The average Bonchev–Trinajstić information content (AvgIpc) is 3.60. The normalized spacial score (nSPS) is 18.8. The zero-order valence-electron chi connectivity index (χ0n) is 17.9. The zero-order valence-corrected chi connectivity index (χ0v) is 17.9. The standard InChI is InChI=1S/C24H26FN5O2/c25-19-7-9-20(10-8-19)30-22(27-11-1-2-12-27)21(16-26-30)24(32)29-15-5-6-18(17-29)23(31)28-13-3-4-14-28/h1-2,7-12,16,18H,3-6,13-15,17H2/t18-/m1/s1. The van der Waals surface area contributed by atoms with Gasteiger partial charge in [0.05, 0.1) is 17.8 Å². The van der Waals surface area contributed by atoms with Crippen LogP contribution in [-0.2, 0) is 4.79 Å². The second-order valence-electron chi connectivity index (χ2n) is 8.48. The van der Waals surface area contributed by atoms with Gasteiger partial charge < -0.3 is 14.4 Å². The van der Waals surface area contributed by atoms with E-state index in [9.17, 15) is 14.0 Å². The van der Waals surface area contributed by atoms with Gasteiger partial charge in [0.2, 0.25) is 5.91 Å². The molecular formula is C24H26FN5O2. The number of hydrogen-bond donors (Lipinski definition) is 0. The number of rotatable bonds is 4. The van der Waals surface area contributed by atoms with Crippen LogP contribution in [0, 0.1) is 11.7 Å². The molecule has 4 heterocycles. The molecule has 0 bridgehead atoms. The third-order valence-corrected chi connectivity index (χ3v) is 6.37. The summed E-state index contributed by atoms with van der Waals surface area (Å²) in [6, 6.07) is 9.77. The Morgan fingerprint density at radius 1 is 0.938 bits per heavy atom. The van der Waals surface area contributed by atoms with E-state index in [1.807, 2.05) is 34.0 Å². The molecule has 32 heavy (non-hydrogen) atoms. The van der Waals surface area contributed by atoms with Gasteiger partial charge in [0.25, 0.3) is 5.91 Å². The maximum Gasteiger partial charge on any atom is 0.259 e. The topological polar surface area (TPSA) is 63.4 Å². The molecule has 0 unspecified atom stereocenters. The predicted octanol–water partition coefficient (Wildman–Crippen LogP) is 3.28. The molecule has 2 fully saturated rings. The average molecular weight is 436 g/mol. The summed E-state index contributed by atoms with van der Waals surface area (Å²) in [5.74, 6) is 0.156. The molecule has 2 aromatic heterocycles. The Hall–Kier alpha value is -3.42. The smallest absolute Gasteiger partial charge is 0.259 e. The molecule has 2 aliphatic heterocycles. The number of carbonyl (C=O) groups is 2. The number of halogens is 1. The Labute approximate surface area is 186 Å². The van der Waals surface area contributed by atoms with Gasteiger partial charge in [0.1, 0.15) is 11.4 Å². The van der Waals surface area contributed by atoms with Crippen LogP contribution in [0.3, 0.4) is 0 Å². The molecule has 2 saturated heterocycles. The predicted molar refractivity (Wildman–Crippen MR) is 117 cm³/mol. The Morgan fingerprint density at radius 3 is 2.34 bits per heavy atom.